The van der Waals surface area contributed by atoms with Crippen LogP contribution in [-0.4, -0.2) is 23.2 Å². The average molecular weight is 433 g/mol. The van der Waals surface area contributed by atoms with Crippen LogP contribution in [-0.2, 0) is 4.74 Å². The zero-order chi connectivity index (χ0) is 21.8. The van der Waals surface area contributed by atoms with Gasteiger partial charge in [-0.3, -0.25) is 9.36 Å². The summed E-state index contributed by atoms with van der Waals surface area (Å²) in [6, 6.07) is 20.6. The number of urea groups is 1. The minimum absolute atomic E-state index is 0.189. The van der Waals surface area contributed by atoms with Gasteiger partial charge in [0.2, 0.25) is 0 Å². The van der Waals surface area contributed by atoms with Crippen LogP contribution >= 0.6 is 11.3 Å². The number of thiophene rings is 1. The van der Waals surface area contributed by atoms with Crippen LogP contribution < -0.4 is 16.2 Å². The molecule has 0 aliphatic heterocycles. The normalized spacial score (nSPS) is 10.6. The van der Waals surface area contributed by atoms with Crippen LogP contribution in [0.1, 0.15) is 16.6 Å². The predicted molar refractivity (Wildman–Crippen MR) is 122 cm³/mol. The van der Waals surface area contributed by atoms with Crippen LogP contribution in [0.5, 0.6) is 0 Å². The van der Waals surface area contributed by atoms with Crippen molar-refractivity contribution in [2.24, 2.45) is 0 Å². The number of carbonyl (C=O) groups is 2. The van der Waals surface area contributed by atoms with E-state index in [0.29, 0.717) is 27.3 Å². The molecule has 0 bridgehead atoms. The Morgan fingerprint density at radius 2 is 1.61 bits per heavy atom. The number of amides is 2. The van der Waals surface area contributed by atoms with E-state index in [-0.39, 0.29) is 17.0 Å². The number of carbonyl (C=O) groups excluding carboxylic acids is 2. The number of benzene rings is 2. The molecule has 0 aliphatic rings. The van der Waals surface area contributed by atoms with E-state index in [1.165, 1.54) is 10.6 Å². The van der Waals surface area contributed by atoms with Crippen LogP contribution in [0.2, 0.25) is 0 Å². The molecule has 156 valence electrons. The number of hydrogen-bond acceptors (Lipinski definition) is 5. The summed E-state index contributed by atoms with van der Waals surface area (Å²) in [7, 11) is 0. The molecule has 0 saturated heterocycles. The van der Waals surface area contributed by atoms with E-state index in [1.54, 1.807) is 49.4 Å². The molecule has 2 N–H and O–H groups in total. The van der Waals surface area contributed by atoms with Crippen molar-refractivity contribution in [2.45, 2.75) is 6.92 Å². The monoisotopic (exact) mass is 433 g/mol. The van der Waals surface area contributed by atoms with E-state index in [4.69, 9.17) is 4.74 Å². The SMILES string of the molecule is CCOC(=O)c1sc2c(ccc(=O)n2-c2ccccc2)c1NC(=O)Nc1ccccc1. The zero-order valence-corrected chi connectivity index (χ0v) is 17.4. The molecule has 2 aromatic heterocycles. The maximum absolute atomic E-state index is 12.7. The second-order valence-corrected chi connectivity index (χ2v) is 7.53. The molecule has 0 aliphatic carbocycles. The molecule has 0 fully saturated rings. The van der Waals surface area contributed by atoms with E-state index in [0.717, 1.165) is 11.3 Å². The second-order valence-electron chi connectivity index (χ2n) is 6.53. The topological polar surface area (TPSA) is 89.4 Å². The Morgan fingerprint density at radius 3 is 2.29 bits per heavy atom. The lowest BCUT2D eigenvalue weighted by Gasteiger charge is -2.10. The molecule has 4 rings (SSSR count). The summed E-state index contributed by atoms with van der Waals surface area (Å²) >= 11 is 1.10. The summed E-state index contributed by atoms with van der Waals surface area (Å²) in [4.78, 5) is 38.7. The maximum atomic E-state index is 12.7. The van der Waals surface area contributed by atoms with E-state index in [1.807, 2.05) is 24.3 Å². The molecule has 7 nitrogen and oxygen atoms in total. The first kappa shape index (κ1) is 20.4. The average Bonchev–Trinajstić information content (AvgIpc) is 3.13. The van der Waals surface area contributed by atoms with Crippen LogP contribution in [0.4, 0.5) is 16.2 Å². The fourth-order valence-electron chi connectivity index (χ4n) is 3.17. The first-order valence-electron chi connectivity index (χ1n) is 9.62. The lowest BCUT2D eigenvalue weighted by atomic mass is 10.2. The first-order valence-corrected chi connectivity index (χ1v) is 10.4. The Morgan fingerprint density at radius 1 is 0.935 bits per heavy atom. The minimum atomic E-state index is -0.564. The Kier molecular flexibility index (Phi) is 5.81. The lowest BCUT2D eigenvalue weighted by molar-refractivity contribution is 0.0533. The third kappa shape index (κ3) is 4.19. The van der Waals surface area contributed by atoms with Crippen molar-refractivity contribution < 1.29 is 14.3 Å². The summed E-state index contributed by atoms with van der Waals surface area (Å²) in [6.07, 6.45) is 0. The van der Waals surface area contributed by atoms with Crippen molar-refractivity contribution in [3.63, 3.8) is 0 Å². The van der Waals surface area contributed by atoms with Crippen molar-refractivity contribution in [3.05, 3.63) is 88.0 Å². The van der Waals surface area contributed by atoms with Gasteiger partial charge >= 0.3 is 12.0 Å². The molecule has 0 radical (unpaired) electrons. The largest absolute Gasteiger partial charge is 0.462 e. The van der Waals surface area contributed by atoms with Gasteiger partial charge in [0.1, 0.15) is 9.71 Å². The highest BCUT2D eigenvalue weighted by Crippen LogP contribution is 2.36. The molecule has 8 heteroatoms. The van der Waals surface area contributed by atoms with E-state index < -0.39 is 12.0 Å². The number of anilines is 2. The van der Waals surface area contributed by atoms with Crippen molar-refractivity contribution in [3.8, 4) is 5.69 Å². The molecule has 2 heterocycles. The smallest absolute Gasteiger partial charge is 0.350 e. The number of rotatable bonds is 5. The number of hydrogen-bond donors (Lipinski definition) is 2. The summed E-state index contributed by atoms with van der Waals surface area (Å²) in [5.74, 6) is -0.564. The molecule has 0 spiro atoms. The number of fused-ring (bicyclic) bond motifs is 1. The summed E-state index contributed by atoms with van der Waals surface area (Å²) in [5.41, 5.74) is 1.33. The molecule has 4 aromatic rings. The van der Waals surface area contributed by atoms with Gasteiger partial charge < -0.3 is 15.4 Å². The van der Waals surface area contributed by atoms with Gasteiger partial charge in [-0.15, -0.1) is 11.3 Å². The highest BCUT2D eigenvalue weighted by atomic mass is 32.1. The molecule has 2 aromatic carbocycles. The molecule has 0 atom stereocenters. The Labute approximate surface area is 181 Å². The molecule has 2 amide bonds. The molecular weight excluding hydrogens is 414 g/mol. The fourth-order valence-corrected chi connectivity index (χ4v) is 4.33. The van der Waals surface area contributed by atoms with Crippen LogP contribution in [0.25, 0.3) is 15.9 Å². The highest BCUT2D eigenvalue weighted by molar-refractivity contribution is 7.21. The Balaban J connectivity index is 1.83. The fraction of sp³-hybridized carbons (Fsp3) is 0.0870. The lowest BCUT2D eigenvalue weighted by Crippen LogP contribution is -2.21. The van der Waals surface area contributed by atoms with Gasteiger partial charge in [0, 0.05) is 17.1 Å². The van der Waals surface area contributed by atoms with Crippen molar-refractivity contribution in [1.29, 1.82) is 0 Å². The number of nitrogens with zero attached hydrogens (tertiary/aromatic N) is 1. The van der Waals surface area contributed by atoms with Gasteiger partial charge in [-0.25, -0.2) is 9.59 Å². The predicted octanol–water partition coefficient (Wildman–Crippen LogP) is 4.87. The summed E-state index contributed by atoms with van der Waals surface area (Å²) < 4.78 is 6.70. The second kappa shape index (κ2) is 8.85. The van der Waals surface area contributed by atoms with Crippen LogP contribution in [0, 0.1) is 0 Å². The standard InChI is InChI=1S/C23H19N3O4S/c1-2-30-22(28)20-19(25-23(29)24-15-9-5-3-6-10-15)17-13-14-18(27)26(21(17)31-20)16-11-7-4-8-12-16/h3-14H,2H2,1H3,(H2,24,25,29). The molecule has 0 saturated carbocycles. The molecular formula is C23H19N3O4S. The van der Waals surface area contributed by atoms with Crippen molar-refractivity contribution in [2.75, 3.05) is 17.2 Å². The van der Waals surface area contributed by atoms with E-state index in [9.17, 15) is 14.4 Å². The van der Waals surface area contributed by atoms with Gasteiger partial charge in [-0.2, -0.15) is 0 Å². The zero-order valence-electron chi connectivity index (χ0n) is 16.6. The number of esters is 1. The molecule has 0 unspecified atom stereocenters. The van der Waals surface area contributed by atoms with Gasteiger partial charge in [-0.1, -0.05) is 36.4 Å². The van der Waals surface area contributed by atoms with Crippen LogP contribution in [0.3, 0.4) is 0 Å². The number of para-hydroxylation sites is 2. The quantitative estimate of drug-likeness (QED) is 0.439. The van der Waals surface area contributed by atoms with E-state index in [2.05, 4.69) is 10.6 Å². The highest BCUT2D eigenvalue weighted by Gasteiger charge is 2.23. The van der Waals surface area contributed by atoms with E-state index >= 15 is 0 Å². The maximum Gasteiger partial charge on any atom is 0.350 e. The minimum Gasteiger partial charge on any atom is -0.462 e. The Bertz CT molecular complexity index is 1300. The summed E-state index contributed by atoms with van der Waals surface area (Å²) in [6.45, 7) is 1.90. The van der Waals surface area contributed by atoms with Gasteiger partial charge in [0.15, 0.2) is 0 Å². The van der Waals surface area contributed by atoms with Gasteiger partial charge in [0.25, 0.3) is 5.56 Å². The number of aromatic nitrogens is 1. The molecule has 31 heavy (non-hydrogen) atoms. The van der Waals surface area contributed by atoms with Gasteiger partial charge in [-0.05, 0) is 37.3 Å². The number of nitrogens with one attached hydrogen (secondary N) is 2. The summed E-state index contributed by atoms with van der Waals surface area (Å²) in [5, 5.41) is 6.07. The van der Waals surface area contributed by atoms with Crippen LogP contribution in [0.15, 0.2) is 77.6 Å². The first-order chi connectivity index (χ1) is 15.1. The number of pyridine rings is 1. The number of ether oxygens (including phenoxy) is 1. The van der Waals surface area contributed by atoms with Crippen molar-refractivity contribution in [1.82, 2.24) is 4.57 Å². The Hall–Kier alpha value is -3.91. The van der Waals surface area contributed by atoms with Gasteiger partial charge in [0.05, 0.1) is 18.0 Å². The van der Waals surface area contributed by atoms with Crippen molar-refractivity contribution >= 4 is 44.9 Å². The third-order valence-electron chi connectivity index (χ3n) is 4.49. The third-order valence-corrected chi connectivity index (χ3v) is 5.66.